The first-order valence-electron chi connectivity index (χ1n) is 6.80. The molecule has 16 heavy (non-hydrogen) atoms. The first kappa shape index (κ1) is 12.3. The molecule has 1 unspecified atom stereocenters. The molecule has 0 aromatic carbocycles. The van der Waals surface area contributed by atoms with Gasteiger partial charge in [0.25, 0.3) is 0 Å². The molecule has 0 aromatic heterocycles. The summed E-state index contributed by atoms with van der Waals surface area (Å²) >= 11 is 0. The summed E-state index contributed by atoms with van der Waals surface area (Å²) in [5, 5.41) is 3.74. The van der Waals surface area contributed by atoms with Crippen LogP contribution in [0.2, 0.25) is 0 Å². The topological polar surface area (TPSA) is 18.5 Å². The van der Waals surface area contributed by atoms with Crippen molar-refractivity contribution in [1.82, 2.24) is 15.1 Å². The van der Waals surface area contributed by atoms with Crippen LogP contribution in [0.3, 0.4) is 0 Å². The average Bonchev–Trinajstić information content (AvgIpc) is 3.11. The van der Waals surface area contributed by atoms with Gasteiger partial charge in [0.2, 0.25) is 0 Å². The van der Waals surface area contributed by atoms with E-state index >= 15 is 0 Å². The van der Waals surface area contributed by atoms with E-state index in [1.807, 2.05) is 0 Å². The van der Waals surface area contributed by atoms with E-state index in [9.17, 15) is 0 Å². The van der Waals surface area contributed by atoms with Crippen molar-refractivity contribution in [1.29, 1.82) is 0 Å². The predicted octanol–water partition coefficient (Wildman–Crippen LogP) is 1.15. The Morgan fingerprint density at radius 1 is 1.25 bits per heavy atom. The van der Waals surface area contributed by atoms with Crippen LogP contribution in [0.1, 0.15) is 32.6 Å². The number of piperidine rings is 1. The highest BCUT2D eigenvalue weighted by Gasteiger charge is 2.29. The zero-order valence-corrected chi connectivity index (χ0v) is 11.1. The van der Waals surface area contributed by atoms with Gasteiger partial charge < -0.3 is 10.2 Å². The van der Waals surface area contributed by atoms with E-state index in [1.54, 1.807) is 0 Å². The van der Waals surface area contributed by atoms with Crippen molar-refractivity contribution < 1.29 is 0 Å². The predicted molar refractivity (Wildman–Crippen MR) is 68.8 cm³/mol. The molecule has 1 aliphatic heterocycles. The van der Waals surface area contributed by atoms with Crippen LogP contribution < -0.4 is 5.32 Å². The van der Waals surface area contributed by atoms with Gasteiger partial charge in [0.05, 0.1) is 0 Å². The van der Waals surface area contributed by atoms with Crippen LogP contribution in [-0.2, 0) is 0 Å². The van der Waals surface area contributed by atoms with Gasteiger partial charge in [0, 0.05) is 24.7 Å². The van der Waals surface area contributed by atoms with Crippen molar-refractivity contribution in [3.05, 3.63) is 0 Å². The molecule has 0 radical (unpaired) electrons. The van der Waals surface area contributed by atoms with E-state index in [4.69, 9.17) is 0 Å². The van der Waals surface area contributed by atoms with E-state index in [0.717, 1.165) is 18.6 Å². The maximum atomic E-state index is 3.74. The standard InChI is InChI=1S/C13H27N3/c1-11(16(3)13-4-5-13)10-14-12-6-8-15(2)9-7-12/h11-14H,4-10H2,1-3H3. The summed E-state index contributed by atoms with van der Waals surface area (Å²) in [6.45, 7) is 6.01. The van der Waals surface area contributed by atoms with Crippen molar-refractivity contribution in [2.45, 2.75) is 50.7 Å². The lowest BCUT2D eigenvalue weighted by atomic mass is 10.1. The Morgan fingerprint density at radius 2 is 1.88 bits per heavy atom. The van der Waals surface area contributed by atoms with Crippen molar-refractivity contribution in [3.8, 4) is 0 Å². The number of nitrogens with zero attached hydrogens (tertiary/aromatic N) is 2. The van der Waals surface area contributed by atoms with Crippen LogP contribution in [0.5, 0.6) is 0 Å². The molecule has 2 aliphatic rings. The Labute approximate surface area is 100 Å². The van der Waals surface area contributed by atoms with E-state index in [-0.39, 0.29) is 0 Å². The minimum Gasteiger partial charge on any atom is -0.312 e. The zero-order valence-electron chi connectivity index (χ0n) is 11.1. The third-order valence-corrected chi connectivity index (χ3v) is 4.24. The van der Waals surface area contributed by atoms with Crippen LogP contribution in [0.25, 0.3) is 0 Å². The Hall–Kier alpha value is -0.120. The second-order valence-electron chi connectivity index (χ2n) is 5.73. The quantitative estimate of drug-likeness (QED) is 0.757. The molecule has 1 aliphatic carbocycles. The molecule has 0 aromatic rings. The molecule has 3 nitrogen and oxygen atoms in total. The number of rotatable bonds is 5. The third kappa shape index (κ3) is 3.44. The number of likely N-dealkylation sites (N-methyl/N-ethyl adjacent to an activating group) is 1. The molecule has 94 valence electrons. The monoisotopic (exact) mass is 225 g/mol. The van der Waals surface area contributed by atoms with Crippen LogP contribution in [0.15, 0.2) is 0 Å². The fourth-order valence-corrected chi connectivity index (χ4v) is 2.54. The molecule has 3 heteroatoms. The van der Waals surface area contributed by atoms with Crippen LogP contribution >= 0.6 is 0 Å². The summed E-state index contributed by atoms with van der Waals surface area (Å²) in [6.07, 6.45) is 5.46. The SMILES string of the molecule is CC(CNC1CCN(C)CC1)N(C)C1CC1. The highest BCUT2D eigenvalue weighted by molar-refractivity contribution is 4.86. The molecule has 2 rings (SSSR count). The van der Waals surface area contributed by atoms with Gasteiger partial charge in [0.15, 0.2) is 0 Å². The molecule has 1 heterocycles. The Morgan fingerprint density at radius 3 is 2.44 bits per heavy atom. The lowest BCUT2D eigenvalue weighted by Crippen LogP contribution is -2.46. The minimum absolute atomic E-state index is 0.687. The van der Waals surface area contributed by atoms with Gasteiger partial charge in [-0.15, -0.1) is 0 Å². The molecule has 0 bridgehead atoms. The normalized spacial score (nSPS) is 26.2. The van der Waals surface area contributed by atoms with E-state index in [1.165, 1.54) is 38.8 Å². The van der Waals surface area contributed by atoms with Crippen LogP contribution in [0.4, 0.5) is 0 Å². The molecular formula is C13H27N3. The maximum Gasteiger partial charge on any atom is 0.0192 e. The maximum absolute atomic E-state index is 3.74. The Bertz CT molecular complexity index is 207. The third-order valence-electron chi connectivity index (χ3n) is 4.24. The fourth-order valence-electron chi connectivity index (χ4n) is 2.54. The van der Waals surface area contributed by atoms with Crippen molar-refractivity contribution in [2.24, 2.45) is 0 Å². The molecular weight excluding hydrogens is 198 g/mol. The average molecular weight is 225 g/mol. The smallest absolute Gasteiger partial charge is 0.0192 e. The number of nitrogens with one attached hydrogen (secondary N) is 1. The van der Waals surface area contributed by atoms with Gasteiger partial charge in [-0.1, -0.05) is 0 Å². The second-order valence-corrected chi connectivity index (χ2v) is 5.73. The zero-order chi connectivity index (χ0) is 11.5. The van der Waals surface area contributed by atoms with Crippen molar-refractivity contribution in [3.63, 3.8) is 0 Å². The van der Waals surface area contributed by atoms with Crippen molar-refractivity contribution >= 4 is 0 Å². The number of hydrogen-bond donors (Lipinski definition) is 1. The van der Waals surface area contributed by atoms with Gasteiger partial charge in [0.1, 0.15) is 0 Å². The molecule has 1 N–H and O–H groups in total. The van der Waals surface area contributed by atoms with E-state index in [0.29, 0.717) is 6.04 Å². The summed E-state index contributed by atoms with van der Waals surface area (Å²) in [7, 11) is 4.50. The molecule has 1 saturated carbocycles. The highest BCUT2D eigenvalue weighted by atomic mass is 15.2. The summed E-state index contributed by atoms with van der Waals surface area (Å²) in [6, 6.07) is 2.33. The highest BCUT2D eigenvalue weighted by Crippen LogP contribution is 2.26. The van der Waals surface area contributed by atoms with Crippen LogP contribution in [-0.4, -0.2) is 61.7 Å². The molecule has 0 amide bonds. The lowest BCUT2D eigenvalue weighted by molar-refractivity contribution is 0.204. The lowest BCUT2D eigenvalue weighted by Gasteiger charge is -2.32. The summed E-state index contributed by atoms with van der Waals surface area (Å²) < 4.78 is 0. The van der Waals surface area contributed by atoms with Crippen molar-refractivity contribution in [2.75, 3.05) is 33.7 Å². The van der Waals surface area contributed by atoms with E-state index in [2.05, 4.69) is 36.1 Å². The number of hydrogen-bond acceptors (Lipinski definition) is 3. The molecule has 1 atom stereocenters. The molecule has 2 fully saturated rings. The first-order chi connectivity index (χ1) is 7.66. The molecule has 0 spiro atoms. The first-order valence-corrected chi connectivity index (χ1v) is 6.80. The fraction of sp³-hybridized carbons (Fsp3) is 1.00. The van der Waals surface area contributed by atoms with Crippen LogP contribution in [0, 0.1) is 0 Å². The summed E-state index contributed by atoms with van der Waals surface area (Å²) in [5.74, 6) is 0. The Balaban J connectivity index is 1.62. The molecule has 1 saturated heterocycles. The van der Waals surface area contributed by atoms with Gasteiger partial charge in [-0.25, -0.2) is 0 Å². The van der Waals surface area contributed by atoms with Gasteiger partial charge in [-0.05, 0) is 59.8 Å². The largest absolute Gasteiger partial charge is 0.312 e. The van der Waals surface area contributed by atoms with Gasteiger partial charge in [-0.3, -0.25) is 4.90 Å². The Kier molecular flexibility index (Phi) is 4.22. The minimum atomic E-state index is 0.687. The second kappa shape index (κ2) is 5.48. The van der Waals surface area contributed by atoms with Gasteiger partial charge in [-0.2, -0.15) is 0 Å². The van der Waals surface area contributed by atoms with Gasteiger partial charge >= 0.3 is 0 Å². The summed E-state index contributed by atoms with van der Waals surface area (Å²) in [4.78, 5) is 4.97. The summed E-state index contributed by atoms with van der Waals surface area (Å²) in [5.41, 5.74) is 0. The van der Waals surface area contributed by atoms with E-state index < -0.39 is 0 Å². The number of likely N-dealkylation sites (tertiary alicyclic amines) is 1.